The van der Waals surface area contributed by atoms with Gasteiger partial charge >= 0.3 is 0 Å². The Balaban J connectivity index is 1.33. The fraction of sp³-hybridized carbons (Fsp3) is 0.154. The zero-order valence-corrected chi connectivity index (χ0v) is 18.5. The van der Waals surface area contributed by atoms with Crippen molar-refractivity contribution in [2.45, 2.75) is 6.54 Å². The number of nitrogens with one attached hydrogen (secondary N) is 2. The van der Waals surface area contributed by atoms with Crippen molar-refractivity contribution in [2.24, 2.45) is 0 Å². The molecule has 0 bridgehead atoms. The van der Waals surface area contributed by atoms with Crippen molar-refractivity contribution in [3.05, 3.63) is 96.4 Å². The fourth-order valence-electron chi connectivity index (χ4n) is 3.93. The monoisotopic (exact) mass is 452 g/mol. The molecule has 2 amide bonds. The summed E-state index contributed by atoms with van der Waals surface area (Å²) in [5, 5.41) is 10.5. The Labute approximate surface area is 197 Å². The van der Waals surface area contributed by atoms with E-state index in [1.807, 2.05) is 71.6 Å². The van der Waals surface area contributed by atoms with Gasteiger partial charge in [-0.15, -0.1) is 0 Å². The first-order valence-corrected chi connectivity index (χ1v) is 11.1. The number of carbonyl (C=O) groups excluding carboxylic acids is 2. The first-order valence-electron chi connectivity index (χ1n) is 11.1. The molecular weight excluding hydrogens is 428 g/mol. The highest BCUT2D eigenvalue weighted by Crippen LogP contribution is 2.23. The lowest BCUT2D eigenvalue weighted by Gasteiger charge is -2.28. The van der Waals surface area contributed by atoms with Crippen molar-refractivity contribution in [1.82, 2.24) is 25.4 Å². The molecule has 0 radical (unpaired) electrons. The smallest absolute Gasteiger partial charge is 0.255 e. The summed E-state index contributed by atoms with van der Waals surface area (Å²) >= 11 is 0. The highest BCUT2D eigenvalue weighted by Gasteiger charge is 2.19. The minimum absolute atomic E-state index is 0.0306. The predicted molar refractivity (Wildman–Crippen MR) is 130 cm³/mol. The lowest BCUT2D eigenvalue weighted by atomic mass is 10.1. The summed E-state index contributed by atoms with van der Waals surface area (Å²) in [5.74, 6) is -0.180. The van der Waals surface area contributed by atoms with Crippen LogP contribution in [0.15, 0.2) is 85.3 Å². The van der Waals surface area contributed by atoms with E-state index < -0.39 is 0 Å². The summed E-state index contributed by atoms with van der Waals surface area (Å²) in [7, 11) is 0. The van der Waals surface area contributed by atoms with Crippen LogP contribution in [0.1, 0.15) is 15.9 Å². The van der Waals surface area contributed by atoms with Crippen molar-refractivity contribution < 1.29 is 9.59 Å². The van der Waals surface area contributed by atoms with Crippen LogP contribution < -0.4 is 15.5 Å². The Morgan fingerprint density at radius 1 is 1.00 bits per heavy atom. The van der Waals surface area contributed by atoms with Crippen LogP contribution in [0.3, 0.4) is 0 Å². The van der Waals surface area contributed by atoms with Crippen LogP contribution in [0.25, 0.3) is 16.9 Å². The Kier molecular flexibility index (Phi) is 6.03. The quantitative estimate of drug-likeness (QED) is 0.469. The zero-order valence-electron chi connectivity index (χ0n) is 18.5. The maximum atomic E-state index is 13.2. The molecule has 1 aliphatic rings. The minimum Gasteiger partial charge on any atom is -0.360 e. The Hall–Kier alpha value is -4.46. The van der Waals surface area contributed by atoms with E-state index in [1.54, 1.807) is 23.3 Å². The number of anilines is 1. The lowest BCUT2D eigenvalue weighted by molar-refractivity contribution is -0.120. The molecule has 4 aromatic rings. The van der Waals surface area contributed by atoms with Gasteiger partial charge in [-0.3, -0.25) is 14.6 Å². The summed E-state index contributed by atoms with van der Waals surface area (Å²) in [4.78, 5) is 31.0. The topological polar surface area (TPSA) is 92.2 Å². The van der Waals surface area contributed by atoms with Crippen molar-refractivity contribution in [3.8, 4) is 16.9 Å². The maximum absolute atomic E-state index is 13.2. The molecule has 34 heavy (non-hydrogen) atoms. The van der Waals surface area contributed by atoms with Crippen molar-refractivity contribution >= 4 is 17.5 Å². The molecule has 0 unspecified atom stereocenters. The number of piperazine rings is 1. The molecule has 2 aromatic carbocycles. The largest absolute Gasteiger partial charge is 0.360 e. The number of benzene rings is 2. The second kappa shape index (κ2) is 9.58. The van der Waals surface area contributed by atoms with E-state index in [4.69, 9.17) is 0 Å². The standard InChI is InChI=1S/C26H24N6O2/c33-24-18-31(14-13-28-24)21-10-8-19(9-11-21)15-29-26(34)23-17-32(22-6-2-1-3-7-22)30-25(23)20-5-4-12-27-16-20/h1-12,16-17H,13-15,18H2,(H,28,33)(H,29,34). The number of carbonyl (C=O) groups is 2. The first-order chi connectivity index (χ1) is 16.7. The van der Waals surface area contributed by atoms with E-state index in [-0.39, 0.29) is 11.8 Å². The average molecular weight is 453 g/mol. The summed E-state index contributed by atoms with van der Waals surface area (Å²) in [5.41, 5.74) is 4.66. The number of amides is 2. The molecule has 0 aliphatic carbocycles. The highest BCUT2D eigenvalue weighted by molar-refractivity contribution is 5.99. The molecule has 8 nitrogen and oxygen atoms in total. The van der Waals surface area contributed by atoms with Gasteiger partial charge in [-0.1, -0.05) is 30.3 Å². The van der Waals surface area contributed by atoms with E-state index >= 15 is 0 Å². The van der Waals surface area contributed by atoms with Crippen LogP contribution in [0.2, 0.25) is 0 Å². The molecule has 2 aromatic heterocycles. The third kappa shape index (κ3) is 4.66. The molecule has 1 fully saturated rings. The van der Waals surface area contributed by atoms with Gasteiger partial charge in [0.1, 0.15) is 5.69 Å². The lowest BCUT2D eigenvalue weighted by Crippen LogP contribution is -2.47. The number of nitrogens with zero attached hydrogens (tertiary/aromatic N) is 4. The van der Waals surface area contributed by atoms with E-state index in [0.29, 0.717) is 30.9 Å². The molecule has 0 saturated carbocycles. The number of hydrogen-bond donors (Lipinski definition) is 2. The van der Waals surface area contributed by atoms with Crippen LogP contribution in [0.5, 0.6) is 0 Å². The van der Waals surface area contributed by atoms with Gasteiger partial charge in [0.25, 0.3) is 5.91 Å². The zero-order chi connectivity index (χ0) is 23.3. The van der Waals surface area contributed by atoms with Gasteiger partial charge in [0.05, 0.1) is 17.8 Å². The predicted octanol–water partition coefficient (Wildman–Crippen LogP) is 2.80. The van der Waals surface area contributed by atoms with Crippen LogP contribution in [0, 0.1) is 0 Å². The van der Waals surface area contributed by atoms with E-state index in [0.717, 1.165) is 29.0 Å². The Morgan fingerprint density at radius 2 is 1.82 bits per heavy atom. The number of pyridine rings is 1. The third-order valence-electron chi connectivity index (χ3n) is 5.71. The molecule has 5 rings (SSSR count). The van der Waals surface area contributed by atoms with Crippen LogP contribution in [-0.2, 0) is 11.3 Å². The second-order valence-corrected chi connectivity index (χ2v) is 8.03. The number of para-hydroxylation sites is 1. The van der Waals surface area contributed by atoms with Crippen molar-refractivity contribution in [2.75, 3.05) is 24.5 Å². The molecule has 2 N–H and O–H groups in total. The molecule has 1 aliphatic heterocycles. The number of aromatic nitrogens is 3. The molecule has 170 valence electrons. The summed E-state index contributed by atoms with van der Waals surface area (Å²) in [6, 6.07) is 21.3. The van der Waals surface area contributed by atoms with E-state index in [9.17, 15) is 9.59 Å². The summed E-state index contributed by atoms with van der Waals surface area (Å²) < 4.78 is 1.71. The van der Waals surface area contributed by atoms with Gasteiger partial charge in [-0.2, -0.15) is 5.10 Å². The first kappa shape index (κ1) is 21.4. The summed E-state index contributed by atoms with van der Waals surface area (Å²) in [6.07, 6.45) is 5.14. The Morgan fingerprint density at radius 3 is 2.56 bits per heavy atom. The average Bonchev–Trinajstić information content (AvgIpc) is 3.34. The van der Waals surface area contributed by atoms with Crippen LogP contribution in [-0.4, -0.2) is 46.2 Å². The SMILES string of the molecule is O=C1CN(c2ccc(CNC(=O)c3cn(-c4ccccc4)nc3-c3cccnc3)cc2)CCN1. The van der Waals surface area contributed by atoms with Crippen LogP contribution >= 0.6 is 0 Å². The van der Waals surface area contributed by atoms with E-state index in [1.165, 1.54) is 0 Å². The minimum atomic E-state index is -0.210. The van der Waals surface area contributed by atoms with E-state index in [2.05, 4.69) is 20.7 Å². The molecule has 1 saturated heterocycles. The Bertz CT molecular complexity index is 1290. The number of rotatable bonds is 6. The molecular formula is C26H24N6O2. The molecule has 0 spiro atoms. The molecule has 3 heterocycles. The van der Waals surface area contributed by atoms with Crippen molar-refractivity contribution in [1.29, 1.82) is 0 Å². The van der Waals surface area contributed by atoms with Gasteiger partial charge < -0.3 is 15.5 Å². The van der Waals surface area contributed by atoms with Gasteiger partial charge in [0, 0.05) is 49.5 Å². The van der Waals surface area contributed by atoms with Crippen molar-refractivity contribution in [3.63, 3.8) is 0 Å². The molecule has 8 heteroatoms. The number of hydrogen-bond acceptors (Lipinski definition) is 5. The second-order valence-electron chi connectivity index (χ2n) is 8.03. The fourth-order valence-corrected chi connectivity index (χ4v) is 3.93. The highest BCUT2D eigenvalue weighted by atomic mass is 16.2. The van der Waals surface area contributed by atoms with Gasteiger partial charge in [0.15, 0.2) is 0 Å². The van der Waals surface area contributed by atoms with Gasteiger partial charge in [0.2, 0.25) is 5.91 Å². The third-order valence-corrected chi connectivity index (χ3v) is 5.71. The normalized spacial score (nSPS) is 13.4. The van der Waals surface area contributed by atoms with Gasteiger partial charge in [-0.25, -0.2) is 4.68 Å². The van der Waals surface area contributed by atoms with Crippen LogP contribution in [0.4, 0.5) is 5.69 Å². The maximum Gasteiger partial charge on any atom is 0.255 e. The summed E-state index contributed by atoms with van der Waals surface area (Å²) in [6.45, 7) is 2.16. The molecule has 0 atom stereocenters. The van der Waals surface area contributed by atoms with Gasteiger partial charge in [-0.05, 0) is 42.0 Å².